The third kappa shape index (κ3) is 2.56. The molecule has 2 rings (SSSR count). The van der Waals surface area contributed by atoms with E-state index in [1.54, 1.807) is 0 Å². The monoisotopic (exact) mass is 215 g/mol. The molecule has 1 aromatic rings. The van der Waals surface area contributed by atoms with E-state index in [9.17, 15) is 0 Å². The number of piperidine rings is 1. The van der Waals surface area contributed by atoms with Gasteiger partial charge in [-0.2, -0.15) is 0 Å². The first-order valence-electron chi connectivity index (χ1n) is 5.68. The summed E-state index contributed by atoms with van der Waals surface area (Å²) in [6, 6.07) is 7.73. The molecule has 1 aromatic carbocycles. The van der Waals surface area contributed by atoms with E-state index in [0.29, 0.717) is 0 Å². The number of ether oxygens (including phenoxy) is 1. The number of rotatable bonds is 2. The predicted octanol–water partition coefficient (Wildman–Crippen LogP) is 2.19. The molecular formula is C14H17NO. The van der Waals surface area contributed by atoms with Gasteiger partial charge in [-0.1, -0.05) is 5.92 Å². The van der Waals surface area contributed by atoms with Crippen molar-refractivity contribution in [3.63, 3.8) is 0 Å². The smallest absolute Gasteiger partial charge is 0.120 e. The molecule has 16 heavy (non-hydrogen) atoms. The van der Waals surface area contributed by atoms with Gasteiger partial charge >= 0.3 is 0 Å². The largest absolute Gasteiger partial charge is 0.487 e. The summed E-state index contributed by atoms with van der Waals surface area (Å²) >= 11 is 0. The van der Waals surface area contributed by atoms with Gasteiger partial charge in [-0.3, -0.25) is 0 Å². The lowest BCUT2D eigenvalue weighted by atomic mass is 9.94. The van der Waals surface area contributed by atoms with Gasteiger partial charge in [-0.05, 0) is 57.1 Å². The molecule has 1 N–H and O–H groups in total. The van der Waals surface area contributed by atoms with E-state index in [0.717, 1.165) is 37.2 Å². The topological polar surface area (TPSA) is 21.3 Å². The third-order valence-corrected chi connectivity index (χ3v) is 3.05. The van der Waals surface area contributed by atoms with E-state index in [4.69, 9.17) is 11.2 Å². The van der Waals surface area contributed by atoms with Gasteiger partial charge in [0, 0.05) is 5.56 Å². The van der Waals surface area contributed by atoms with E-state index in [1.807, 2.05) is 24.3 Å². The summed E-state index contributed by atoms with van der Waals surface area (Å²) in [6.07, 6.45) is 7.40. The standard InChI is InChI=1S/C14H17NO/c1-3-12-4-6-13(7-5-12)16-14(2)8-10-15-11-9-14/h1,4-7,15H,8-11H2,2H3. The molecule has 1 heterocycles. The number of nitrogens with one attached hydrogen (secondary N) is 1. The minimum Gasteiger partial charge on any atom is -0.487 e. The van der Waals surface area contributed by atoms with Crippen LogP contribution in [0.1, 0.15) is 25.3 Å². The highest BCUT2D eigenvalue weighted by atomic mass is 16.5. The number of hydrogen-bond acceptors (Lipinski definition) is 2. The Hall–Kier alpha value is -1.46. The van der Waals surface area contributed by atoms with Crippen molar-refractivity contribution in [1.29, 1.82) is 0 Å². The molecule has 1 saturated heterocycles. The molecule has 0 amide bonds. The van der Waals surface area contributed by atoms with Crippen LogP contribution in [-0.2, 0) is 0 Å². The summed E-state index contributed by atoms with van der Waals surface area (Å²) < 4.78 is 6.03. The maximum Gasteiger partial charge on any atom is 0.120 e. The predicted molar refractivity (Wildman–Crippen MR) is 65.5 cm³/mol. The Balaban J connectivity index is 2.05. The van der Waals surface area contributed by atoms with Crippen LogP contribution in [0.25, 0.3) is 0 Å². The summed E-state index contributed by atoms with van der Waals surface area (Å²) in [5, 5.41) is 3.34. The second-order valence-electron chi connectivity index (χ2n) is 4.47. The highest BCUT2D eigenvalue weighted by Crippen LogP contribution is 2.25. The van der Waals surface area contributed by atoms with Crippen molar-refractivity contribution in [1.82, 2.24) is 5.32 Å². The lowest BCUT2D eigenvalue weighted by molar-refractivity contribution is 0.0556. The molecular weight excluding hydrogens is 198 g/mol. The first-order chi connectivity index (χ1) is 7.72. The number of benzene rings is 1. The van der Waals surface area contributed by atoms with E-state index in [2.05, 4.69) is 18.2 Å². The SMILES string of the molecule is C#Cc1ccc(OC2(C)CCNCC2)cc1. The van der Waals surface area contributed by atoms with Crippen LogP contribution in [0, 0.1) is 12.3 Å². The lowest BCUT2D eigenvalue weighted by Gasteiger charge is -2.34. The zero-order valence-corrected chi connectivity index (χ0v) is 9.62. The molecule has 2 heteroatoms. The fourth-order valence-corrected chi connectivity index (χ4v) is 1.96. The van der Waals surface area contributed by atoms with Gasteiger partial charge < -0.3 is 10.1 Å². The molecule has 1 fully saturated rings. The summed E-state index contributed by atoms with van der Waals surface area (Å²) in [5.74, 6) is 3.51. The molecule has 1 aliphatic heterocycles. The van der Waals surface area contributed by atoms with E-state index >= 15 is 0 Å². The van der Waals surface area contributed by atoms with E-state index in [1.165, 1.54) is 0 Å². The van der Waals surface area contributed by atoms with Crippen LogP contribution in [0.5, 0.6) is 5.75 Å². The Labute approximate surface area is 97.0 Å². The molecule has 0 atom stereocenters. The minimum absolute atomic E-state index is 0.0388. The van der Waals surface area contributed by atoms with Gasteiger partial charge in [0.2, 0.25) is 0 Å². The van der Waals surface area contributed by atoms with Crippen molar-refractivity contribution >= 4 is 0 Å². The fourth-order valence-electron chi connectivity index (χ4n) is 1.96. The normalized spacial score (nSPS) is 18.8. The molecule has 84 valence electrons. The van der Waals surface area contributed by atoms with Crippen molar-refractivity contribution in [2.45, 2.75) is 25.4 Å². The number of hydrogen-bond donors (Lipinski definition) is 1. The zero-order chi connectivity index (χ0) is 11.4. The third-order valence-electron chi connectivity index (χ3n) is 3.05. The van der Waals surface area contributed by atoms with Gasteiger partial charge in [0.1, 0.15) is 11.4 Å². The van der Waals surface area contributed by atoms with Crippen molar-refractivity contribution in [3.05, 3.63) is 29.8 Å². The van der Waals surface area contributed by atoms with Crippen LogP contribution < -0.4 is 10.1 Å². The average Bonchev–Trinajstić information content (AvgIpc) is 2.30. The Bertz CT molecular complexity index is 382. The fraction of sp³-hybridized carbons (Fsp3) is 0.429. The Morgan fingerprint density at radius 1 is 1.25 bits per heavy atom. The number of terminal acetylenes is 1. The molecule has 0 saturated carbocycles. The second-order valence-corrected chi connectivity index (χ2v) is 4.47. The summed E-state index contributed by atoms with van der Waals surface area (Å²) in [4.78, 5) is 0. The second kappa shape index (κ2) is 4.59. The van der Waals surface area contributed by atoms with Crippen LogP contribution in [0.15, 0.2) is 24.3 Å². The zero-order valence-electron chi connectivity index (χ0n) is 9.62. The summed E-state index contributed by atoms with van der Waals surface area (Å²) in [7, 11) is 0. The first kappa shape index (κ1) is 11.0. The van der Waals surface area contributed by atoms with Crippen molar-refractivity contribution in [3.8, 4) is 18.1 Å². The molecule has 0 unspecified atom stereocenters. The van der Waals surface area contributed by atoms with Crippen LogP contribution in [-0.4, -0.2) is 18.7 Å². The van der Waals surface area contributed by atoms with Crippen LogP contribution in [0.3, 0.4) is 0 Å². The Kier molecular flexibility index (Phi) is 3.17. The van der Waals surface area contributed by atoms with Crippen LogP contribution in [0.4, 0.5) is 0 Å². The molecule has 0 bridgehead atoms. The molecule has 0 aromatic heterocycles. The molecule has 1 aliphatic rings. The molecule has 0 radical (unpaired) electrons. The van der Waals surface area contributed by atoms with Gasteiger partial charge in [0.25, 0.3) is 0 Å². The Morgan fingerprint density at radius 2 is 1.88 bits per heavy atom. The molecule has 0 aliphatic carbocycles. The minimum atomic E-state index is -0.0388. The lowest BCUT2D eigenvalue weighted by Crippen LogP contribution is -2.43. The molecule has 2 nitrogen and oxygen atoms in total. The highest BCUT2D eigenvalue weighted by molar-refractivity contribution is 5.36. The van der Waals surface area contributed by atoms with Gasteiger partial charge in [0.15, 0.2) is 0 Å². The molecule has 0 spiro atoms. The Morgan fingerprint density at radius 3 is 2.44 bits per heavy atom. The maximum atomic E-state index is 6.03. The highest BCUT2D eigenvalue weighted by Gasteiger charge is 2.28. The summed E-state index contributed by atoms with van der Waals surface area (Å²) in [5.41, 5.74) is 0.853. The maximum absolute atomic E-state index is 6.03. The quantitative estimate of drug-likeness (QED) is 0.764. The van der Waals surface area contributed by atoms with Gasteiger partial charge in [0.05, 0.1) is 0 Å². The van der Waals surface area contributed by atoms with Crippen molar-refractivity contribution < 1.29 is 4.74 Å². The van der Waals surface area contributed by atoms with Crippen LogP contribution in [0.2, 0.25) is 0 Å². The van der Waals surface area contributed by atoms with Crippen molar-refractivity contribution in [2.75, 3.05) is 13.1 Å². The van der Waals surface area contributed by atoms with E-state index < -0.39 is 0 Å². The van der Waals surface area contributed by atoms with Crippen molar-refractivity contribution in [2.24, 2.45) is 0 Å². The first-order valence-corrected chi connectivity index (χ1v) is 5.68. The van der Waals surface area contributed by atoms with Gasteiger partial charge in [-0.25, -0.2) is 0 Å². The average molecular weight is 215 g/mol. The van der Waals surface area contributed by atoms with Crippen LogP contribution >= 0.6 is 0 Å². The summed E-state index contributed by atoms with van der Waals surface area (Å²) in [6.45, 7) is 4.22. The van der Waals surface area contributed by atoms with Gasteiger partial charge in [-0.15, -0.1) is 6.42 Å². The van der Waals surface area contributed by atoms with E-state index in [-0.39, 0.29) is 5.60 Å².